The van der Waals surface area contributed by atoms with Crippen LogP contribution in [0.3, 0.4) is 0 Å². The van der Waals surface area contributed by atoms with E-state index in [4.69, 9.17) is 13.6 Å². The fraction of sp³-hybridized carbons (Fsp3) is 0.286. The molecule has 0 N–H and O–H groups in total. The molecule has 0 saturated carbocycles. The first-order chi connectivity index (χ1) is 20.5. The van der Waals surface area contributed by atoms with Crippen LogP contribution in [0.5, 0.6) is 11.5 Å². The number of hydrogen-bond acceptors (Lipinski definition) is 6. The fourth-order valence-corrected chi connectivity index (χ4v) is 5.98. The van der Waals surface area contributed by atoms with E-state index in [1.165, 1.54) is 5.56 Å². The lowest BCUT2D eigenvalue weighted by atomic mass is 9.88. The van der Waals surface area contributed by atoms with E-state index >= 15 is 0 Å². The molecule has 214 valence electrons. The summed E-state index contributed by atoms with van der Waals surface area (Å²) in [6.45, 7) is 11.9. The summed E-state index contributed by atoms with van der Waals surface area (Å²) in [7, 11) is 0. The number of anilines is 1. The van der Waals surface area contributed by atoms with Gasteiger partial charge in [-0.15, -0.1) is 0 Å². The number of benzene rings is 3. The average Bonchev–Trinajstić information content (AvgIpc) is 3.01. The van der Waals surface area contributed by atoms with E-state index in [0.29, 0.717) is 23.0 Å². The van der Waals surface area contributed by atoms with Crippen LogP contribution >= 0.6 is 0 Å². The number of nitrogens with zero attached hydrogens (tertiary/aromatic N) is 2. The first-order valence-corrected chi connectivity index (χ1v) is 14.7. The molecule has 2 heterocycles. The second-order valence-electron chi connectivity index (χ2n) is 10.5. The van der Waals surface area contributed by atoms with Crippen molar-refractivity contribution >= 4 is 22.9 Å². The molecule has 7 heteroatoms. The van der Waals surface area contributed by atoms with Crippen molar-refractivity contribution in [3.05, 3.63) is 93.1 Å². The Morgan fingerprint density at radius 1 is 0.881 bits per heavy atom. The van der Waals surface area contributed by atoms with Gasteiger partial charge in [0, 0.05) is 42.0 Å². The zero-order valence-electron chi connectivity index (χ0n) is 24.5. The SMILES string of the molecule is CCN(CC)c1ccc2c(Oc3ccc4c(c3)CCc3cc5ccc(=[N+](CC)CC)cc-5oc3-4)c(C=O)c(=O)oc2c1. The van der Waals surface area contributed by atoms with E-state index in [1.807, 2.05) is 36.4 Å². The molecule has 7 nitrogen and oxygen atoms in total. The Labute approximate surface area is 244 Å². The van der Waals surface area contributed by atoms with Crippen LogP contribution in [0.15, 0.2) is 74.3 Å². The van der Waals surface area contributed by atoms with Crippen molar-refractivity contribution in [1.82, 2.24) is 4.58 Å². The first-order valence-electron chi connectivity index (χ1n) is 14.7. The molecule has 2 aliphatic carbocycles. The van der Waals surface area contributed by atoms with E-state index in [2.05, 4.69) is 61.4 Å². The summed E-state index contributed by atoms with van der Waals surface area (Å²) in [5, 5.41) is 1.71. The van der Waals surface area contributed by atoms with E-state index in [-0.39, 0.29) is 11.3 Å². The molecule has 0 spiro atoms. The maximum absolute atomic E-state index is 12.8. The number of rotatable bonds is 8. The van der Waals surface area contributed by atoms with Gasteiger partial charge in [0.25, 0.3) is 0 Å². The quantitative estimate of drug-likeness (QED) is 0.122. The van der Waals surface area contributed by atoms with Gasteiger partial charge in [-0.25, -0.2) is 9.37 Å². The van der Waals surface area contributed by atoms with Crippen LogP contribution in [0.4, 0.5) is 5.69 Å². The highest BCUT2D eigenvalue weighted by Gasteiger charge is 2.23. The molecule has 0 amide bonds. The highest BCUT2D eigenvalue weighted by molar-refractivity contribution is 5.94. The van der Waals surface area contributed by atoms with Gasteiger partial charge in [-0.05, 0) is 94.1 Å². The Morgan fingerprint density at radius 3 is 2.40 bits per heavy atom. The average molecular weight is 564 g/mol. The molecule has 0 radical (unpaired) electrons. The lowest BCUT2D eigenvalue weighted by Gasteiger charge is -2.22. The van der Waals surface area contributed by atoms with Gasteiger partial charge in [0.05, 0.1) is 11.5 Å². The topological polar surface area (TPSA) is 75.9 Å². The largest absolute Gasteiger partial charge is 0.456 e. The van der Waals surface area contributed by atoms with E-state index in [9.17, 15) is 9.59 Å². The summed E-state index contributed by atoms with van der Waals surface area (Å²) >= 11 is 0. The van der Waals surface area contributed by atoms with Gasteiger partial charge in [-0.3, -0.25) is 4.79 Å². The molecule has 6 rings (SSSR count). The van der Waals surface area contributed by atoms with Crippen molar-refractivity contribution in [3.8, 4) is 34.1 Å². The third-order valence-corrected chi connectivity index (χ3v) is 8.29. The minimum atomic E-state index is -0.717. The summed E-state index contributed by atoms with van der Waals surface area (Å²) in [6, 6.07) is 20.1. The van der Waals surface area contributed by atoms with Gasteiger partial charge in [0.2, 0.25) is 5.36 Å². The predicted octanol–water partition coefficient (Wildman–Crippen LogP) is 6.52. The van der Waals surface area contributed by atoms with Gasteiger partial charge < -0.3 is 18.5 Å². The smallest absolute Gasteiger partial charge is 0.350 e. The van der Waals surface area contributed by atoms with Crippen LogP contribution in [0.2, 0.25) is 0 Å². The Kier molecular flexibility index (Phi) is 7.42. The highest BCUT2D eigenvalue weighted by Crippen LogP contribution is 2.41. The number of carbonyl (C=O) groups is 1. The van der Waals surface area contributed by atoms with Crippen molar-refractivity contribution in [2.45, 2.75) is 40.5 Å². The Morgan fingerprint density at radius 2 is 1.67 bits per heavy atom. The third-order valence-electron chi connectivity index (χ3n) is 8.29. The van der Waals surface area contributed by atoms with E-state index in [1.54, 1.807) is 0 Å². The molecule has 0 bridgehead atoms. The van der Waals surface area contributed by atoms with Crippen LogP contribution in [0.1, 0.15) is 49.2 Å². The van der Waals surface area contributed by atoms with Gasteiger partial charge in [-0.1, -0.05) is 0 Å². The first kappa shape index (κ1) is 27.5. The molecular weight excluding hydrogens is 528 g/mol. The highest BCUT2D eigenvalue weighted by atomic mass is 16.5. The summed E-state index contributed by atoms with van der Waals surface area (Å²) in [5.74, 6) is 2.48. The molecular formula is C35H35N2O5+. The van der Waals surface area contributed by atoms with Gasteiger partial charge >= 0.3 is 5.63 Å². The molecule has 1 aliphatic heterocycles. The number of aldehydes is 1. The van der Waals surface area contributed by atoms with Crippen LogP contribution in [0, 0.1) is 0 Å². The third kappa shape index (κ3) is 4.79. The molecule has 3 aromatic rings. The van der Waals surface area contributed by atoms with Gasteiger partial charge in [0.15, 0.2) is 12.0 Å². The molecule has 0 atom stereocenters. The zero-order valence-corrected chi connectivity index (χ0v) is 24.5. The van der Waals surface area contributed by atoms with Crippen LogP contribution in [-0.2, 0) is 12.8 Å². The number of ether oxygens (including phenoxy) is 1. The number of aryl methyl sites for hydroxylation is 2. The fourth-order valence-electron chi connectivity index (χ4n) is 5.98. The van der Waals surface area contributed by atoms with Gasteiger partial charge in [-0.2, -0.15) is 0 Å². The molecule has 2 aromatic carbocycles. The molecule has 3 aliphatic rings. The lowest BCUT2D eigenvalue weighted by molar-refractivity contribution is 0.111. The second kappa shape index (κ2) is 11.3. The maximum Gasteiger partial charge on any atom is 0.350 e. The minimum Gasteiger partial charge on any atom is -0.456 e. The summed E-state index contributed by atoms with van der Waals surface area (Å²) in [4.78, 5) is 26.9. The van der Waals surface area contributed by atoms with Crippen molar-refractivity contribution in [2.24, 2.45) is 0 Å². The molecule has 42 heavy (non-hydrogen) atoms. The number of fused-ring (bicyclic) bond motifs is 5. The van der Waals surface area contributed by atoms with E-state index in [0.717, 1.165) is 78.3 Å². The van der Waals surface area contributed by atoms with Crippen molar-refractivity contribution < 1.29 is 18.4 Å². The van der Waals surface area contributed by atoms with Gasteiger partial charge in [0.1, 0.15) is 41.5 Å². The predicted molar refractivity (Wildman–Crippen MR) is 166 cm³/mol. The van der Waals surface area contributed by atoms with Crippen molar-refractivity contribution in [3.63, 3.8) is 0 Å². The van der Waals surface area contributed by atoms with Crippen LogP contribution < -0.4 is 25.2 Å². The second-order valence-corrected chi connectivity index (χ2v) is 10.5. The zero-order chi connectivity index (χ0) is 29.4. The monoisotopic (exact) mass is 563 g/mol. The Balaban J connectivity index is 1.41. The normalized spacial score (nSPS) is 12.2. The summed E-state index contributed by atoms with van der Waals surface area (Å²) < 4.78 is 20.7. The van der Waals surface area contributed by atoms with Crippen LogP contribution in [-0.4, -0.2) is 32.5 Å². The summed E-state index contributed by atoms with van der Waals surface area (Å²) in [6.07, 6.45) is 2.17. The minimum absolute atomic E-state index is 0.133. The molecule has 0 fully saturated rings. The van der Waals surface area contributed by atoms with E-state index < -0.39 is 5.63 Å². The number of carbonyl (C=O) groups excluding carboxylic acids is 1. The van der Waals surface area contributed by atoms with Crippen molar-refractivity contribution in [2.75, 3.05) is 31.1 Å². The number of hydrogen-bond donors (Lipinski definition) is 0. The van der Waals surface area contributed by atoms with Crippen molar-refractivity contribution in [1.29, 1.82) is 0 Å². The molecule has 0 saturated heterocycles. The molecule has 1 aromatic heterocycles. The Bertz CT molecular complexity index is 1910. The summed E-state index contributed by atoms with van der Waals surface area (Å²) in [5.41, 5.74) is 4.85. The maximum atomic E-state index is 12.8. The standard InChI is InChI=1S/C35H35N2O5/c1-5-36(6-2)25-12-11-23-17-24-10-9-22-18-27(14-16-28(22)33(24)41-31(23)19-25)40-34-29-15-13-26(37(7-3)8-4)20-32(29)42-35(39)30(34)21-38/h11-21H,5-10H2,1-4H3/q+1. The van der Waals surface area contributed by atoms with Crippen LogP contribution in [0.25, 0.3) is 33.6 Å². The Hall–Kier alpha value is -4.65. The lowest BCUT2D eigenvalue weighted by Crippen LogP contribution is -2.29. The molecule has 0 unspecified atom stereocenters.